The molecule has 2 aliphatic heterocycles. The number of nitrogens with one attached hydrogen (secondary N) is 2. The highest BCUT2D eigenvalue weighted by molar-refractivity contribution is 5.03. The van der Waals surface area contributed by atoms with Gasteiger partial charge in [0.05, 0.1) is 25.4 Å². The number of aryl methyl sites for hydroxylation is 2. The molecule has 0 radical (unpaired) electrons. The van der Waals surface area contributed by atoms with Crippen LogP contribution in [0.3, 0.4) is 0 Å². The number of rotatable bonds is 5. The number of alkyl halides is 1. The van der Waals surface area contributed by atoms with Gasteiger partial charge >= 0.3 is 11.4 Å². The van der Waals surface area contributed by atoms with Gasteiger partial charge in [-0.3, -0.25) is 28.7 Å². The van der Waals surface area contributed by atoms with Gasteiger partial charge < -0.3 is 19.7 Å². The summed E-state index contributed by atoms with van der Waals surface area (Å²) in [6.45, 7) is 2.37. The van der Waals surface area contributed by atoms with Crippen molar-refractivity contribution in [1.82, 2.24) is 19.1 Å². The molecule has 0 spiro atoms. The summed E-state index contributed by atoms with van der Waals surface area (Å²) in [5.74, 6) is 0. The molecule has 15 nitrogen and oxygen atoms in total. The molecule has 2 saturated heterocycles. The van der Waals surface area contributed by atoms with Gasteiger partial charge in [0.15, 0.2) is 0 Å². The van der Waals surface area contributed by atoms with Gasteiger partial charge in [-0.1, -0.05) is 5.11 Å². The van der Waals surface area contributed by atoms with E-state index in [0.717, 1.165) is 4.57 Å². The minimum atomic E-state index is -1.32. The number of aliphatic hydroxyl groups excluding tert-OH is 2. The summed E-state index contributed by atoms with van der Waals surface area (Å²) in [6.07, 6.45) is -1.38. The van der Waals surface area contributed by atoms with Crippen molar-refractivity contribution in [2.75, 3.05) is 13.2 Å². The maximum Gasteiger partial charge on any atom is 0.330 e. The van der Waals surface area contributed by atoms with Crippen LogP contribution in [0.15, 0.2) is 36.7 Å². The highest BCUT2D eigenvalue weighted by Crippen LogP contribution is 2.30. The van der Waals surface area contributed by atoms with Crippen LogP contribution in [0.2, 0.25) is 0 Å². The maximum absolute atomic E-state index is 13.4. The van der Waals surface area contributed by atoms with E-state index in [4.69, 9.17) is 25.2 Å². The van der Waals surface area contributed by atoms with Crippen LogP contribution in [-0.2, 0) is 9.47 Å². The van der Waals surface area contributed by atoms with Crippen LogP contribution < -0.4 is 22.5 Å². The molecule has 2 fully saturated rings. The van der Waals surface area contributed by atoms with Crippen molar-refractivity contribution >= 4 is 0 Å². The Morgan fingerprint density at radius 1 is 0.972 bits per heavy atom. The van der Waals surface area contributed by atoms with Gasteiger partial charge in [0.2, 0.25) is 0 Å². The molecule has 0 bridgehead atoms. The molecule has 2 aliphatic rings. The summed E-state index contributed by atoms with van der Waals surface area (Å²) in [5.41, 5.74) is 6.98. The second-order valence-corrected chi connectivity index (χ2v) is 8.34. The highest BCUT2D eigenvalue weighted by atomic mass is 19.1. The van der Waals surface area contributed by atoms with Gasteiger partial charge in [-0.2, -0.15) is 0 Å². The molecule has 2 aromatic heterocycles. The SMILES string of the molecule is Cc1cn([C@H]2C[C@H](F)[C@@H](CO)O2)c(=O)[nH]c1=O.Cc1cn([C@H]2C[C@H](N=[N+]=[N-])[C@@H](CO)O2)c(=O)[nH]c1=O. The maximum atomic E-state index is 13.4. The van der Waals surface area contributed by atoms with Gasteiger partial charge in [0, 0.05) is 41.3 Å². The lowest BCUT2D eigenvalue weighted by Crippen LogP contribution is -2.33. The smallest absolute Gasteiger partial charge is 0.330 e. The number of hydrogen-bond acceptors (Lipinski definition) is 9. The Morgan fingerprint density at radius 2 is 1.44 bits per heavy atom. The molecule has 16 heteroatoms. The van der Waals surface area contributed by atoms with E-state index >= 15 is 0 Å². The lowest BCUT2D eigenvalue weighted by atomic mass is 10.1. The number of ether oxygens (including phenoxy) is 2. The van der Waals surface area contributed by atoms with Crippen LogP contribution in [0.4, 0.5) is 4.39 Å². The van der Waals surface area contributed by atoms with Crippen molar-refractivity contribution in [3.8, 4) is 0 Å². The first kappa shape index (κ1) is 27.0. The minimum Gasteiger partial charge on any atom is -0.394 e. The zero-order valence-corrected chi connectivity index (χ0v) is 19.4. The number of hydrogen-bond donors (Lipinski definition) is 4. The van der Waals surface area contributed by atoms with E-state index in [1.807, 2.05) is 0 Å². The van der Waals surface area contributed by atoms with E-state index in [1.165, 1.54) is 17.0 Å². The second-order valence-electron chi connectivity index (χ2n) is 8.34. The van der Waals surface area contributed by atoms with E-state index in [2.05, 4.69) is 20.0 Å². The number of nitrogens with zero attached hydrogens (tertiary/aromatic N) is 5. The first-order valence-electron chi connectivity index (χ1n) is 10.9. The van der Waals surface area contributed by atoms with Gasteiger partial charge in [-0.15, -0.1) is 0 Å². The van der Waals surface area contributed by atoms with Crippen LogP contribution in [0.25, 0.3) is 10.4 Å². The lowest BCUT2D eigenvalue weighted by Gasteiger charge is -2.14. The van der Waals surface area contributed by atoms with Crippen LogP contribution >= 0.6 is 0 Å². The fraction of sp³-hybridized carbons (Fsp3) is 0.600. The normalized spacial score (nSPS) is 27.2. The third-order valence-electron chi connectivity index (χ3n) is 5.84. The third-order valence-corrected chi connectivity index (χ3v) is 5.84. The van der Waals surface area contributed by atoms with Crippen LogP contribution in [-0.4, -0.2) is 67.0 Å². The monoisotopic (exact) mass is 511 g/mol. The highest BCUT2D eigenvalue weighted by Gasteiger charge is 2.37. The largest absolute Gasteiger partial charge is 0.394 e. The lowest BCUT2D eigenvalue weighted by molar-refractivity contribution is -0.0356. The number of H-pyrrole nitrogens is 2. The van der Waals surface area contributed by atoms with Crippen molar-refractivity contribution < 1.29 is 24.1 Å². The summed E-state index contributed by atoms with van der Waals surface area (Å²) in [6, 6.07) is -0.542. The molecule has 36 heavy (non-hydrogen) atoms. The van der Waals surface area contributed by atoms with E-state index < -0.39 is 66.0 Å². The average Bonchev–Trinajstić information content (AvgIpc) is 3.42. The number of halogens is 1. The fourth-order valence-corrected chi connectivity index (χ4v) is 3.86. The molecule has 2 aromatic rings. The molecule has 0 aromatic carbocycles. The Balaban J connectivity index is 0.000000202. The number of aromatic nitrogens is 4. The molecule has 0 saturated carbocycles. The van der Waals surface area contributed by atoms with E-state index in [9.17, 15) is 23.6 Å². The predicted octanol–water partition coefficient (Wildman–Crippen LogP) is -0.733. The fourth-order valence-electron chi connectivity index (χ4n) is 3.86. The Labute approximate surface area is 201 Å². The Morgan fingerprint density at radius 3 is 1.89 bits per heavy atom. The summed E-state index contributed by atoms with van der Waals surface area (Å²) < 4.78 is 26.4. The average molecular weight is 511 g/mol. The van der Waals surface area contributed by atoms with Gasteiger partial charge in [0.25, 0.3) is 11.1 Å². The standard InChI is InChI=1S/C10H13FN2O4.C10H13N5O4/c1-5-3-13(10(16)12-9(5)15)8-2-6(11)7(4-14)17-8;1-5-3-15(10(18)12-9(5)17)8-2-6(13-14-11)7(4-16)19-8/h3,6-8,14H,2,4H2,1H3,(H,12,15,16);3,6-8,16H,2,4H2,1H3,(H,12,17,18)/t2*6-,7+,8+/m00/s1. The zero-order chi connectivity index (χ0) is 26.6. The summed E-state index contributed by atoms with van der Waals surface area (Å²) >= 11 is 0. The van der Waals surface area contributed by atoms with Gasteiger partial charge in [-0.05, 0) is 19.4 Å². The van der Waals surface area contributed by atoms with Crippen molar-refractivity contribution in [2.45, 2.75) is 63.6 Å². The molecule has 0 unspecified atom stereocenters. The number of azide groups is 1. The van der Waals surface area contributed by atoms with E-state index in [-0.39, 0.29) is 19.4 Å². The zero-order valence-electron chi connectivity index (χ0n) is 19.4. The minimum absolute atomic E-state index is 0.0172. The Hall–Kier alpha value is -3.56. The molecule has 6 atom stereocenters. The van der Waals surface area contributed by atoms with Crippen LogP contribution in [0.1, 0.15) is 36.4 Å². The van der Waals surface area contributed by atoms with Crippen molar-refractivity contribution in [2.24, 2.45) is 5.11 Å². The van der Waals surface area contributed by atoms with Crippen molar-refractivity contribution in [3.05, 3.63) is 75.6 Å². The van der Waals surface area contributed by atoms with Crippen molar-refractivity contribution in [3.63, 3.8) is 0 Å². The van der Waals surface area contributed by atoms with Crippen molar-refractivity contribution in [1.29, 1.82) is 0 Å². The van der Waals surface area contributed by atoms with Crippen LogP contribution in [0, 0.1) is 13.8 Å². The molecule has 4 heterocycles. The molecular formula is C20H26FN7O8. The number of aliphatic hydroxyl groups is 2. The quantitative estimate of drug-likeness (QED) is 0.227. The first-order valence-corrected chi connectivity index (χ1v) is 10.9. The summed E-state index contributed by atoms with van der Waals surface area (Å²) in [4.78, 5) is 52.6. The van der Waals surface area contributed by atoms with Gasteiger partial charge in [-0.25, -0.2) is 14.0 Å². The predicted molar refractivity (Wildman–Crippen MR) is 121 cm³/mol. The molecule has 196 valence electrons. The topological polar surface area (TPSA) is 217 Å². The van der Waals surface area contributed by atoms with Crippen LogP contribution in [0.5, 0.6) is 0 Å². The first-order chi connectivity index (χ1) is 17.1. The Bertz CT molecular complexity index is 1360. The Kier molecular flexibility index (Phi) is 8.60. The van der Waals surface area contributed by atoms with Gasteiger partial charge in [0.1, 0.15) is 24.7 Å². The second kappa shape index (κ2) is 11.5. The molecule has 0 amide bonds. The van der Waals surface area contributed by atoms with E-state index in [1.54, 1.807) is 13.8 Å². The molecular weight excluding hydrogens is 485 g/mol. The molecule has 4 N–H and O–H groups in total. The number of aromatic amines is 2. The third kappa shape index (κ3) is 5.80. The summed E-state index contributed by atoms with van der Waals surface area (Å²) in [7, 11) is 0. The summed E-state index contributed by atoms with van der Waals surface area (Å²) in [5, 5.41) is 21.5. The molecule has 0 aliphatic carbocycles. The van der Waals surface area contributed by atoms with E-state index in [0.29, 0.717) is 11.1 Å². The molecule has 4 rings (SSSR count).